The van der Waals surface area contributed by atoms with Gasteiger partial charge in [0.2, 0.25) is 0 Å². The number of benzene rings is 1. The highest BCUT2D eigenvalue weighted by Crippen LogP contribution is 2.32. The number of nitrogens with zero attached hydrogens (tertiary/aromatic N) is 1. The molecule has 0 bridgehead atoms. The molecule has 0 aliphatic carbocycles. The number of amides is 3. The third-order valence-corrected chi connectivity index (χ3v) is 5.11. The zero-order valence-corrected chi connectivity index (χ0v) is 17.2. The van der Waals surface area contributed by atoms with Crippen molar-refractivity contribution in [2.75, 3.05) is 6.54 Å². The van der Waals surface area contributed by atoms with Crippen molar-refractivity contribution in [1.82, 2.24) is 9.62 Å². The van der Waals surface area contributed by atoms with Gasteiger partial charge in [0.05, 0.1) is 10.0 Å². The molecular formula is C17H18Cl2N2O5S. The molecule has 146 valence electrons. The molecule has 0 saturated heterocycles. The van der Waals surface area contributed by atoms with Crippen LogP contribution >= 0.6 is 35.1 Å². The van der Waals surface area contributed by atoms with Crippen molar-refractivity contribution in [2.45, 2.75) is 37.7 Å². The van der Waals surface area contributed by atoms with Gasteiger partial charge in [0, 0.05) is 17.9 Å². The maximum absolute atomic E-state index is 12.5. The van der Waals surface area contributed by atoms with Gasteiger partial charge in [-0.2, -0.15) is 0 Å². The second-order valence-corrected chi connectivity index (χ2v) is 8.23. The van der Waals surface area contributed by atoms with Gasteiger partial charge in [0.15, 0.2) is 0 Å². The van der Waals surface area contributed by atoms with Crippen molar-refractivity contribution in [3.63, 3.8) is 0 Å². The topological polar surface area (TPSA) is 95.9 Å². The number of hydrogen-bond donors (Lipinski definition) is 2. The van der Waals surface area contributed by atoms with Crippen LogP contribution in [0.3, 0.4) is 0 Å². The quantitative estimate of drug-likeness (QED) is 0.551. The van der Waals surface area contributed by atoms with E-state index in [9.17, 15) is 19.5 Å². The van der Waals surface area contributed by atoms with Crippen LogP contribution in [0.1, 0.15) is 27.2 Å². The van der Waals surface area contributed by atoms with Gasteiger partial charge in [-0.1, -0.05) is 29.3 Å². The maximum atomic E-state index is 12.5. The predicted molar refractivity (Wildman–Crippen MR) is 103 cm³/mol. The number of carbonyl (C=O) groups excluding carboxylic acids is 3. The van der Waals surface area contributed by atoms with Crippen molar-refractivity contribution in [2.24, 2.45) is 0 Å². The zero-order valence-electron chi connectivity index (χ0n) is 14.8. The van der Waals surface area contributed by atoms with E-state index in [-0.39, 0.29) is 18.0 Å². The smallest absolute Gasteiger partial charge is 0.417 e. The van der Waals surface area contributed by atoms with E-state index < -0.39 is 34.8 Å². The summed E-state index contributed by atoms with van der Waals surface area (Å²) in [6.45, 7) is 4.90. The molecule has 2 N–H and O–H groups in total. The molecule has 1 aromatic carbocycles. The first-order valence-corrected chi connectivity index (χ1v) is 9.46. The minimum absolute atomic E-state index is 0.0453. The second kappa shape index (κ2) is 8.41. The van der Waals surface area contributed by atoms with Crippen LogP contribution in [-0.2, 0) is 14.3 Å². The Bertz CT molecular complexity index is 820. The van der Waals surface area contributed by atoms with Crippen LogP contribution in [0.15, 0.2) is 34.4 Å². The van der Waals surface area contributed by atoms with Gasteiger partial charge in [-0.3, -0.25) is 14.3 Å². The van der Waals surface area contributed by atoms with Crippen LogP contribution in [-0.4, -0.2) is 40.1 Å². The standard InChI is InChI=1S/C17H18Cl2N2O5S/c1-17(2,3)26-16(25)21-8-7-10(22)12(15(21)24)14(23)20-27-11-6-4-5-9(18)13(11)19/h4-6,22H,7-8H2,1-3H3,(H,20,23). The highest BCUT2D eigenvalue weighted by Gasteiger charge is 2.37. The Labute approximate surface area is 170 Å². The molecule has 2 rings (SSSR count). The molecule has 0 unspecified atom stereocenters. The number of rotatable bonds is 3. The maximum Gasteiger partial charge on any atom is 0.417 e. The predicted octanol–water partition coefficient (Wildman–Crippen LogP) is 4.10. The largest absolute Gasteiger partial charge is 0.511 e. The summed E-state index contributed by atoms with van der Waals surface area (Å²) in [7, 11) is 0. The summed E-state index contributed by atoms with van der Waals surface area (Å²) < 4.78 is 7.58. The molecule has 10 heteroatoms. The molecule has 1 aliphatic rings. The minimum Gasteiger partial charge on any atom is -0.511 e. The number of ether oxygens (including phenoxy) is 1. The third-order valence-electron chi connectivity index (χ3n) is 3.33. The lowest BCUT2D eigenvalue weighted by Gasteiger charge is -2.29. The van der Waals surface area contributed by atoms with Gasteiger partial charge in [0.25, 0.3) is 11.8 Å². The summed E-state index contributed by atoms with van der Waals surface area (Å²) >= 11 is 12.8. The fourth-order valence-electron chi connectivity index (χ4n) is 2.14. The van der Waals surface area contributed by atoms with Crippen molar-refractivity contribution in [3.8, 4) is 0 Å². The van der Waals surface area contributed by atoms with Crippen molar-refractivity contribution >= 4 is 53.1 Å². The third kappa shape index (κ3) is 5.31. The number of halogens is 2. The lowest BCUT2D eigenvalue weighted by Crippen LogP contribution is -2.46. The fourth-order valence-corrected chi connectivity index (χ4v) is 3.26. The average molecular weight is 433 g/mol. The second-order valence-electron chi connectivity index (χ2n) is 6.59. The van der Waals surface area contributed by atoms with Crippen LogP contribution < -0.4 is 4.72 Å². The zero-order chi connectivity index (χ0) is 20.4. The van der Waals surface area contributed by atoms with Crippen LogP contribution in [0.4, 0.5) is 4.79 Å². The molecule has 0 spiro atoms. The van der Waals surface area contributed by atoms with Crippen LogP contribution in [0.25, 0.3) is 0 Å². The van der Waals surface area contributed by atoms with Crippen molar-refractivity contribution in [3.05, 3.63) is 39.6 Å². The monoisotopic (exact) mass is 432 g/mol. The first-order chi connectivity index (χ1) is 12.5. The van der Waals surface area contributed by atoms with Gasteiger partial charge in [-0.05, 0) is 44.9 Å². The van der Waals surface area contributed by atoms with Gasteiger partial charge in [0.1, 0.15) is 16.9 Å². The van der Waals surface area contributed by atoms with Crippen molar-refractivity contribution < 1.29 is 24.2 Å². The SMILES string of the molecule is CC(C)(C)OC(=O)N1CCC(O)=C(C(=O)NSc2cccc(Cl)c2Cl)C1=O. The first kappa shape index (κ1) is 21.4. The fraction of sp³-hybridized carbons (Fsp3) is 0.353. The number of carbonyl (C=O) groups is 3. The van der Waals surface area contributed by atoms with Crippen LogP contribution in [0, 0.1) is 0 Å². The Morgan fingerprint density at radius 3 is 2.59 bits per heavy atom. The molecule has 3 amide bonds. The summed E-state index contributed by atoms with van der Waals surface area (Å²) in [5.41, 5.74) is -1.32. The number of aliphatic hydroxyl groups excluding tert-OH is 1. The van der Waals surface area contributed by atoms with Gasteiger partial charge < -0.3 is 9.84 Å². The first-order valence-electron chi connectivity index (χ1n) is 7.89. The number of aliphatic hydroxyl groups is 1. The normalized spacial score (nSPS) is 15.0. The molecule has 27 heavy (non-hydrogen) atoms. The van der Waals surface area contributed by atoms with E-state index in [1.54, 1.807) is 39.0 Å². The Hall–Kier alpha value is -1.90. The highest BCUT2D eigenvalue weighted by atomic mass is 35.5. The average Bonchev–Trinajstić information content (AvgIpc) is 2.54. The van der Waals surface area contributed by atoms with E-state index in [1.807, 2.05) is 0 Å². The van der Waals surface area contributed by atoms with Crippen molar-refractivity contribution in [1.29, 1.82) is 0 Å². The molecule has 1 aliphatic heterocycles. The van der Waals surface area contributed by atoms with E-state index in [1.165, 1.54) is 0 Å². The minimum atomic E-state index is -0.928. The van der Waals surface area contributed by atoms with E-state index in [0.717, 1.165) is 16.8 Å². The van der Waals surface area contributed by atoms with Gasteiger partial charge >= 0.3 is 6.09 Å². The molecule has 0 aromatic heterocycles. The number of nitrogens with one attached hydrogen (secondary N) is 1. The summed E-state index contributed by atoms with van der Waals surface area (Å²) in [4.78, 5) is 38.4. The molecule has 0 saturated carbocycles. The lowest BCUT2D eigenvalue weighted by molar-refractivity contribution is -0.130. The summed E-state index contributed by atoms with van der Waals surface area (Å²) in [6.07, 6.45) is -0.924. The number of hydrogen-bond acceptors (Lipinski definition) is 6. The van der Waals surface area contributed by atoms with E-state index in [4.69, 9.17) is 27.9 Å². The molecule has 1 heterocycles. The molecule has 1 aromatic rings. The Morgan fingerprint density at radius 1 is 1.30 bits per heavy atom. The molecule has 0 atom stereocenters. The van der Waals surface area contributed by atoms with E-state index in [2.05, 4.69) is 4.72 Å². The molecular weight excluding hydrogens is 415 g/mol. The lowest BCUT2D eigenvalue weighted by atomic mass is 10.1. The Balaban J connectivity index is 2.13. The van der Waals surface area contributed by atoms with Crippen LogP contribution in [0.5, 0.6) is 0 Å². The Kier molecular flexibility index (Phi) is 6.67. The Morgan fingerprint density at radius 2 is 1.96 bits per heavy atom. The van der Waals surface area contributed by atoms with Gasteiger partial charge in [-0.25, -0.2) is 9.69 Å². The molecule has 0 fully saturated rings. The molecule has 0 radical (unpaired) electrons. The van der Waals surface area contributed by atoms with E-state index in [0.29, 0.717) is 9.92 Å². The summed E-state index contributed by atoms with van der Waals surface area (Å²) in [5, 5.41) is 10.6. The van der Waals surface area contributed by atoms with E-state index >= 15 is 0 Å². The summed E-state index contributed by atoms with van der Waals surface area (Å²) in [5.74, 6) is -2.18. The van der Waals surface area contributed by atoms with Gasteiger partial charge in [-0.15, -0.1) is 0 Å². The van der Waals surface area contributed by atoms with Crippen LogP contribution in [0.2, 0.25) is 10.0 Å². The number of imide groups is 1. The highest BCUT2D eigenvalue weighted by molar-refractivity contribution is 7.98. The summed E-state index contributed by atoms with van der Waals surface area (Å²) in [6, 6.07) is 4.87. The molecule has 7 nitrogen and oxygen atoms in total.